The Hall–Kier alpha value is -3.05. The van der Waals surface area contributed by atoms with E-state index in [4.69, 9.17) is 74.7 Å². The van der Waals surface area contributed by atoms with E-state index in [2.05, 4.69) is 35.7 Å². The maximum absolute atomic E-state index is 12.1. The molecule has 0 atom stereocenters. The molecule has 2 aliphatic heterocycles. The van der Waals surface area contributed by atoms with Gasteiger partial charge in [-0.25, -0.2) is 0 Å². The predicted molar refractivity (Wildman–Crippen MR) is 196 cm³/mol. The Balaban J connectivity index is 0.000000431. The van der Waals surface area contributed by atoms with E-state index in [1.54, 1.807) is 19.1 Å². The number of nitrogens with two attached hydrogens (primary N) is 2. The highest BCUT2D eigenvalue weighted by molar-refractivity contribution is 6.32. The highest BCUT2D eigenvalue weighted by Gasteiger charge is 2.23. The van der Waals surface area contributed by atoms with Gasteiger partial charge in [-0.3, -0.25) is 9.59 Å². The second kappa shape index (κ2) is 28.5. The second-order valence-corrected chi connectivity index (χ2v) is 11.4. The van der Waals surface area contributed by atoms with Gasteiger partial charge in [0.25, 0.3) is 0 Å². The number of halogens is 3. The van der Waals surface area contributed by atoms with Gasteiger partial charge in [0.1, 0.15) is 13.2 Å². The number of carbonyl (C=O) groups excluding carboxylic acids is 2. The normalized spacial score (nSPS) is 14.1. The molecule has 296 valence electrons. The van der Waals surface area contributed by atoms with E-state index in [1.165, 1.54) is 0 Å². The fourth-order valence-corrected chi connectivity index (χ4v) is 4.34. The van der Waals surface area contributed by atoms with Crippen molar-refractivity contribution in [2.24, 2.45) is 0 Å². The molecule has 2 amide bonds. The van der Waals surface area contributed by atoms with E-state index < -0.39 is 0 Å². The molecule has 20 nitrogen and oxygen atoms in total. The molecule has 2 aliphatic rings. The number of ether oxygens (including phenoxy) is 6. The van der Waals surface area contributed by atoms with Crippen LogP contribution in [0.4, 0.5) is 17.6 Å². The van der Waals surface area contributed by atoms with Crippen molar-refractivity contribution < 1.29 is 38.0 Å². The van der Waals surface area contributed by atoms with E-state index in [-0.39, 0.29) is 59.7 Å². The molecule has 0 aromatic carbocycles. The third-order valence-electron chi connectivity index (χ3n) is 6.75. The van der Waals surface area contributed by atoms with Crippen LogP contribution in [0.2, 0.25) is 15.6 Å². The average Bonchev–Trinajstić information content (AvgIpc) is 3.14. The second-order valence-electron chi connectivity index (χ2n) is 10.4. The molecule has 4 heterocycles. The van der Waals surface area contributed by atoms with Gasteiger partial charge >= 0.3 is 0 Å². The van der Waals surface area contributed by atoms with Gasteiger partial charge < -0.3 is 59.9 Å². The molecule has 0 spiro atoms. The molecule has 2 aromatic heterocycles. The van der Waals surface area contributed by atoms with Crippen LogP contribution >= 0.6 is 34.8 Å². The third-order valence-corrected chi connectivity index (χ3v) is 7.45. The number of amides is 2. The maximum Gasteiger partial charge on any atom is 0.248 e. The molecule has 52 heavy (non-hydrogen) atoms. The number of hydrogen-bond donors (Lipinski definition) is 3. The summed E-state index contributed by atoms with van der Waals surface area (Å²) in [6, 6.07) is 0. The highest BCUT2D eigenvalue weighted by atomic mass is 35.5. The van der Waals surface area contributed by atoms with Crippen molar-refractivity contribution in [1.82, 2.24) is 45.5 Å². The lowest BCUT2D eigenvalue weighted by molar-refractivity contribution is -0.137. The summed E-state index contributed by atoms with van der Waals surface area (Å²) in [4.78, 5) is 36.9. The van der Waals surface area contributed by atoms with Crippen LogP contribution in [0.3, 0.4) is 0 Å². The molecular formula is C29H51Cl3N12O8. The summed E-state index contributed by atoms with van der Waals surface area (Å²) in [6.45, 7) is 9.71. The Labute approximate surface area is 319 Å². The maximum atomic E-state index is 12.1. The van der Waals surface area contributed by atoms with Crippen LogP contribution in [0.5, 0.6) is 0 Å². The molecule has 0 bridgehead atoms. The molecule has 0 saturated carbocycles. The summed E-state index contributed by atoms with van der Waals surface area (Å²) >= 11 is 16.4. The van der Waals surface area contributed by atoms with E-state index in [1.807, 2.05) is 9.80 Å². The minimum Gasteiger partial charge on any atom is -0.382 e. The number of nitrogens with zero attached hydrogens (tertiary/aromatic N) is 9. The molecular weight excluding hydrogens is 751 g/mol. The van der Waals surface area contributed by atoms with Crippen LogP contribution in [0.15, 0.2) is 0 Å². The van der Waals surface area contributed by atoms with Crippen LogP contribution in [-0.2, 0) is 38.0 Å². The average molecular weight is 802 g/mol. The van der Waals surface area contributed by atoms with E-state index in [9.17, 15) is 9.59 Å². The fraction of sp³-hybridized carbons (Fsp3) is 0.724. The van der Waals surface area contributed by atoms with Crippen molar-refractivity contribution in [1.29, 1.82) is 0 Å². The van der Waals surface area contributed by atoms with Crippen molar-refractivity contribution in [3.63, 3.8) is 0 Å². The van der Waals surface area contributed by atoms with Crippen LogP contribution in [-0.4, -0.2) is 185 Å². The van der Waals surface area contributed by atoms with E-state index in [0.717, 1.165) is 26.2 Å². The Morgan fingerprint density at radius 2 is 1.08 bits per heavy atom. The SMILES string of the molecule is C.COCCOCCOCC(=O)N1CCN(c2nnc(Cl)c(N)n2)CC1.COCCOCCOCC(=O)N1CCNCC1.Nc1nc(Cl)nnc1Cl. The first kappa shape index (κ1) is 47.0. The number of rotatable bonds is 17. The van der Waals surface area contributed by atoms with Gasteiger partial charge in [-0.15, -0.1) is 20.4 Å². The minimum absolute atomic E-state index is 0. The standard InChI is InChI=1S/C14H23ClN6O4.C11H22N2O4.C3H2Cl2N4.CH4/c1-23-6-7-24-8-9-25-10-11(22)20-2-4-21(5-3-20)14-17-13(16)12(15)18-19-14;1-15-6-7-16-8-9-17-10-11(14)13-4-2-12-3-5-13;4-1-2(6)7-3(5)9-8-1;/h2-10H2,1H3,(H2,16,17,19);12H,2-10H2,1H3;(H2,6,7,9);1H4. The first-order chi connectivity index (χ1) is 24.7. The summed E-state index contributed by atoms with van der Waals surface area (Å²) < 4.78 is 30.8. The number of carbonyl (C=O) groups is 2. The summed E-state index contributed by atoms with van der Waals surface area (Å²) in [6.07, 6.45) is 0. The number of nitrogens with one attached hydrogen (secondary N) is 1. The molecule has 2 saturated heterocycles. The summed E-state index contributed by atoms with van der Waals surface area (Å²) in [5, 5.41) is 17.7. The summed E-state index contributed by atoms with van der Waals surface area (Å²) in [5.41, 5.74) is 10.8. The largest absolute Gasteiger partial charge is 0.382 e. The Bertz CT molecular complexity index is 1280. The third kappa shape index (κ3) is 19.7. The minimum atomic E-state index is -0.0498. The van der Waals surface area contributed by atoms with Crippen molar-refractivity contribution in [2.45, 2.75) is 7.43 Å². The van der Waals surface area contributed by atoms with E-state index in [0.29, 0.717) is 85.0 Å². The summed E-state index contributed by atoms with van der Waals surface area (Å²) in [7, 11) is 3.24. The lowest BCUT2D eigenvalue weighted by Gasteiger charge is -2.34. The van der Waals surface area contributed by atoms with Crippen molar-refractivity contribution in [2.75, 3.05) is 149 Å². The zero-order valence-corrected chi connectivity index (χ0v) is 31.1. The highest BCUT2D eigenvalue weighted by Crippen LogP contribution is 2.16. The molecule has 23 heteroatoms. The van der Waals surface area contributed by atoms with Gasteiger partial charge in [-0.2, -0.15) is 9.97 Å². The molecule has 0 unspecified atom stereocenters. The fourth-order valence-electron chi connectivity index (χ4n) is 4.05. The lowest BCUT2D eigenvalue weighted by Crippen LogP contribution is -2.50. The Kier molecular flexibility index (Phi) is 25.7. The van der Waals surface area contributed by atoms with Gasteiger partial charge in [0.05, 0.1) is 52.9 Å². The van der Waals surface area contributed by atoms with Gasteiger partial charge in [-0.1, -0.05) is 30.6 Å². The Morgan fingerprint density at radius 1 is 0.635 bits per heavy atom. The van der Waals surface area contributed by atoms with Crippen LogP contribution < -0.4 is 21.7 Å². The predicted octanol–water partition coefficient (Wildman–Crippen LogP) is -0.0701. The van der Waals surface area contributed by atoms with Gasteiger partial charge in [0.15, 0.2) is 21.9 Å². The monoisotopic (exact) mass is 800 g/mol. The first-order valence-electron chi connectivity index (χ1n) is 15.9. The topological polar surface area (TPSA) is 241 Å². The zero-order valence-electron chi connectivity index (χ0n) is 28.8. The lowest BCUT2D eigenvalue weighted by atomic mass is 10.3. The first-order valence-corrected chi connectivity index (χ1v) is 17.1. The summed E-state index contributed by atoms with van der Waals surface area (Å²) in [5.74, 6) is 0.663. The molecule has 0 radical (unpaired) electrons. The van der Waals surface area contributed by atoms with Crippen molar-refractivity contribution >= 4 is 64.2 Å². The van der Waals surface area contributed by atoms with Crippen LogP contribution in [0, 0.1) is 0 Å². The molecule has 2 aromatic rings. The van der Waals surface area contributed by atoms with Crippen molar-refractivity contribution in [3.8, 4) is 0 Å². The van der Waals surface area contributed by atoms with Crippen molar-refractivity contribution in [3.05, 3.63) is 15.6 Å². The number of nitrogen functional groups attached to an aromatic ring is 2. The Morgan fingerprint density at radius 3 is 1.54 bits per heavy atom. The molecule has 5 N–H and O–H groups in total. The quantitative estimate of drug-likeness (QED) is 0.177. The number of methoxy groups -OCH3 is 2. The molecule has 0 aliphatic carbocycles. The number of hydrogen-bond acceptors (Lipinski definition) is 18. The van der Waals surface area contributed by atoms with Gasteiger partial charge in [0, 0.05) is 66.6 Å². The smallest absolute Gasteiger partial charge is 0.248 e. The van der Waals surface area contributed by atoms with E-state index >= 15 is 0 Å². The van der Waals surface area contributed by atoms with Gasteiger partial charge in [0.2, 0.25) is 23.0 Å². The number of anilines is 3. The van der Waals surface area contributed by atoms with Crippen LogP contribution in [0.1, 0.15) is 7.43 Å². The van der Waals surface area contributed by atoms with Crippen LogP contribution in [0.25, 0.3) is 0 Å². The number of aromatic nitrogens is 6. The number of piperazine rings is 2. The zero-order chi connectivity index (χ0) is 37.3. The molecule has 4 rings (SSSR count). The molecule has 2 fully saturated rings. The van der Waals surface area contributed by atoms with Gasteiger partial charge in [-0.05, 0) is 11.6 Å².